The van der Waals surface area contributed by atoms with Crippen LogP contribution in [-0.4, -0.2) is 35.9 Å². The molecule has 16 heavy (non-hydrogen) atoms. The third-order valence-corrected chi connectivity index (χ3v) is 1.97. The van der Waals surface area contributed by atoms with Crippen molar-refractivity contribution in [3.05, 3.63) is 27.7 Å². The summed E-state index contributed by atoms with van der Waals surface area (Å²) in [6, 6.07) is 1.30. The van der Waals surface area contributed by atoms with Gasteiger partial charge in [-0.05, 0) is 19.9 Å². The summed E-state index contributed by atoms with van der Waals surface area (Å²) < 4.78 is 4.88. The first-order valence-corrected chi connectivity index (χ1v) is 4.90. The van der Waals surface area contributed by atoms with Gasteiger partial charge in [-0.2, -0.15) is 5.10 Å². The lowest BCUT2D eigenvalue weighted by Crippen LogP contribution is -2.38. The third-order valence-electron chi connectivity index (χ3n) is 1.97. The van der Waals surface area contributed by atoms with E-state index in [0.29, 0.717) is 12.3 Å². The number of nitrogens with one attached hydrogen (secondary N) is 2. The van der Waals surface area contributed by atoms with Crippen LogP contribution in [0.25, 0.3) is 0 Å². The molecule has 0 spiro atoms. The molecule has 0 aromatic carbocycles. The maximum absolute atomic E-state index is 11.7. The van der Waals surface area contributed by atoms with Crippen molar-refractivity contribution in [1.29, 1.82) is 0 Å². The molecule has 1 aromatic rings. The molecule has 88 valence electrons. The molecule has 0 saturated carbocycles. The van der Waals surface area contributed by atoms with E-state index < -0.39 is 11.5 Å². The van der Waals surface area contributed by atoms with Crippen LogP contribution in [0.5, 0.6) is 0 Å². The van der Waals surface area contributed by atoms with Crippen molar-refractivity contribution in [2.45, 2.75) is 19.9 Å². The number of hydrogen-bond donors (Lipinski definition) is 2. The molecule has 1 aromatic heterocycles. The molecule has 0 aliphatic rings. The number of aryl methyl sites for hydroxylation is 1. The highest BCUT2D eigenvalue weighted by Crippen LogP contribution is 1.94. The number of rotatable bonds is 4. The fraction of sp³-hybridized carbons (Fsp3) is 0.500. The second-order valence-corrected chi connectivity index (χ2v) is 3.58. The molecule has 1 amide bonds. The molecular formula is C10H15N3O3. The van der Waals surface area contributed by atoms with Crippen LogP contribution in [0.2, 0.25) is 0 Å². The number of nitrogens with zero attached hydrogens (tertiary/aromatic N) is 1. The van der Waals surface area contributed by atoms with Gasteiger partial charge in [-0.15, -0.1) is 0 Å². The van der Waals surface area contributed by atoms with Gasteiger partial charge in [0, 0.05) is 13.2 Å². The quantitative estimate of drug-likeness (QED) is 0.746. The fourth-order valence-corrected chi connectivity index (χ4v) is 1.27. The fourth-order valence-electron chi connectivity index (χ4n) is 1.27. The van der Waals surface area contributed by atoms with Crippen LogP contribution in [0.3, 0.4) is 0 Å². The molecule has 1 rings (SSSR count). The zero-order valence-electron chi connectivity index (χ0n) is 9.53. The smallest absolute Gasteiger partial charge is 0.277 e. The van der Waals surface area contributed by atoms with E-state index in [1.54, 1.807) is 21.0 Å². The molecule has 0 aliphatic carbocycles. The molecule has 0 fully saturated rings. The number of ether oxygens (including phenoxy) is 1. The number of H-pyrrole nitrogens is 1. The van der Waals surface area contributed by atoms with Gasteiger partial charge in [0.25, 0.3) is 11.5 Å². The summed E-state index contributed by atoms with van der Waals surface area (Å²) in [5.74, 6) is -0.420. The van der Waals surface area contributed by atoms with Crippen molar-refractivity contribution >= 4 is 5.91 Å². The Labute approximate surface area is 93.0 Å². The molecular weight excluding hydrogens is 210 g/mol. The van der Waals surface area contributed by atoms with Crippen LogP contribution < -0.4 is 10.9 Å². The second-order valence-electron chi connectivity index (χ2n) is 3.58. The topological polar surface area (TPSA) is 84.1 Å². The van der Waals surface area contributed by atoms with Gasteiger partial charge in [0.2, 0.25) is 0 Å². The minimum Gasteiger partial charge on any atom is -0.383 e. The lowest BCUT2D eigenvalue weighted by atomic mass is 10.2. The molecule has 6 nitrogen and oxygen atoms in total. The van der Waals surface area contributed by atoms with E-state index in [0.717, 1.165) is 0 Å². The van der Waals surface area contributed by atoms with E-state index >= 15 is 0 Å². The van der Waals surface area contributed by atoms with Crippen molar-refractivity contribution < 1.29 is 9.53 Å². The highest BCUT2D eigenvalue weighted by molar-refractivity contribution is 5.94. The second kappa shape index (κ2) is 5.41. The minimum absolute atomic E-state index is 0.0652. The molecule has 6 heteroatoms. The first-order valence-electron chi connectivity index (χ1n) is 4.90. The Morgan fingerprint density at radius 3 is 3.00 bits per heavy atom. The normalized spacial score (nSPS) is 12.2. The number of methoxy groups -OCH3 is 1. The first kappa shape index (κ1) is 12.4. The van der Waals surface area contributed by atoms with Crippen LogP contribution in [0.1, 0.15) is 23.0 Å². The number of carbonyl (C=O) groups excluding carboxylic acids is 1. The van der Waals surface area contributed by atoms with E-state index in [4.69, 9.17) is 4.74 Å². The lowest BCUT2D eigenvalue weighted by molar-refractivity contribution is 0.0903. The Morgan fingerprint density at radius 2 is 2.38 bits per heavy atom. The number of aromatic amines is 1. The molecule has 2 N–H and O–H groups in total. The maximum Gasteiger partial charge on any atom is 0.277 e. The molecule has 0 radical (unpaired) electrons. The number of carbonyl (C=O) groups is 1. The summed E-state index contributed by atoms with van der Waals surface area (Å²) in [6.45, 7) is 3.89. The largest absolute Gasteiger partial charge is 0.383 e. The lowest BCUT2D eigenvalue weighted by Gasteiger charge is -2.12. The maximum atomic E-state index is 11.7. The van der Waals surface area contributed by atoms with Gasteiger partial charge in [-0.1, -0.05) is 0 Å². The average molecular weight is 225 g/mol. The van der Waals surface area contributed by atoms with E-state index in [2.05, 4.69) is 15.5 Å². The Bertz CT molecular complexity index is 428. The van der Waals surface area contributed by atoms with Crippen LogP contribution >= 0.6 is 0 Å². The van der Waals surface area contributed by atoms with Crippen LogP contribution in [0, 0.1) is 6.92 Å². The van der Waals surface area contributed by atoms with Crippen molar-refractivity contribution in [2.75, 3.05) is 13.7 Å². The zero-order valence-corrected chi connectivity index (χ0v) is 9.53. The van der Waals surface area contributed by atoms with Gasteiger partial charge in [-0.25, -0.2) is 5.10 Å². The minimum atomic E-state index is -0.493. The van der Waals surface area contributed by atoms with Crippen molar-refractivity contribution in [1.82, 2.24) is 15.5 Å². The average Bonchev–Trinajstić information content (AvgIpc) is 2.21. The number of aromatic nitrogens is 2. The summed E-state index contributed by atoms with van der Waals surface area (Å²) in [5, 5.41) is 8.61. The summed E-state index contributed by atoms with van der Waals surface area (Å²) in [5.41, 5.74) is 0.160. The van der Waals surface area contributed by atoms with Crippen LogP contribution in [0.4, 0.5) is 0 Å². The zero-order chi connectivity index (χ0) is 12.1. The van der Waals surface area contributed by atoms with Gasteiger partial charge >= 0.3 is 0 Å². The van der Waals surface area contributed by atoms with Gasteiger partial charge in [0.1, 0.15) is 5.56 Å². The molecule has 0 unspecified atom stereocenters. The summed E-state index contributed by atoms with van der Waals surface area (Å²) in [4.78, 5) is 23.0. The molecule has 1 atom stereocenters. The van der Waals surface area contributed by atoms with Crippen molar-refractivity contribution in [3.63, 3.8) is 0 Å². The van der Waals surface area contributed by atoms with Gasteiger partial charge in [-0.3, -0.25) is 9.59 Å². The Hall–Kier alpha value is -1.69. The predicted octanol–water partition coefficient (Wildman–Crippen LogP) is -0.157. The number of hydrogen-bond acceptors (Lipinski definition) is 4. The Kier molecular flexibility index (Phi) is 4.19. The standard InChI is InChI=1S/C10H15N3O3/c1-6-4-8(10(15)13-12-6)9(14)11-7(2)5-16-3/h4,7H,5H2,1-3H3,(H,11,14)(H,13,15)/t7-/m0/s1. The van der Waals surface area contributed by atoms with Crippen LogP contribution in [0.15, 0.2) is 10.9 Å². The predicted molar refractivity (Wildman–Crippen MR) is 58.4 cm³/mol. The summed E-state index contributed by atoms with van der Waals surface area (Å²) >= 11 is 0. The van der Waals surface area contributed by atoms with Crippen LogP contribution in [-0.2, 0) is 4.74 Å². The van der Waals surface area contributed by atoms with Gasteiger partial charge in [0.05, 0.1) is 12.3 Å². The van der Waals surface area contributed by atoms with E-state index in [9.17, 15) is 9.59 Å². The Balaban J connectivity index is 2.80. The first-order chi connectivity index (χ1) is 7.54. The van der Waals surface area contributed by atoms with E-state index in [1.807, 2.05) is 0 Å². The summed E-state index contributed by atoms with van der Waals surface area (Å²) in [7, 11) is 1.55. The van der Waals surface area contributed by atoms with E-state index in [1.165, 1.54) is 6.07 Å². The summed E-state index contributed by atoms with van der Waals surface area (Å²) in [6.07, 6.45) is 0. The third kappa shape index (κ3) is 3.16. The number of amides is 1. The van der Waals surface area contributed by atoms with Crippen molar-refractivity contribution in [2.24, 2.45) is 0 Å². The molecule has 0 saturated heterocycles. The highest BCUT2D eigenvalue weighted by atomic mass is 16.5. The van der Waals surface area contributed by atoms with Gasteiger partial charge in [0.15, 0.2) is 0 Å². The molecule has 0 aliphatic heterocycles. The molecule has 1 heterocycles. The van der Waals surface area contributed by atoms with Crippen molar-refractivity contribution in [3.8, 4) is 0 Å². The van der Waals surface area contributed by atoms with E-state index in [-0.39, 0.29) is 11.6 Å². The monoisotopic (exact) mass is 225 g/mol. The Morgan fingerprint density at radius 1 is 1.69 bits per heavy atom. The SMILES string of the molecule is COC[C@H](C)NC(=O)c1cc(C)n[nH]c1=O. The molecule has 0 bridgehead atoms. The van der Waals surface area contributed by atoms with Gasteiger partial charge < -0.3 is 10.1 Å². The highest BCUT2D eigenvalue weighted by Gasteiger charge is 2.13.